The summed E-state index contributed by atoms with van der Waals surface area (Å²) in [6, 6.07) is 17.1. The molecule has 1 saturated heterocycles. The van der Waals surface area contributed by atoms with Crippen LogP contribution in [0.25, 0.3) is 0 Å². The van der Waals surface area contributed by atoms with Gasteiger partial charge in [0, 0.05) is 27.3 Å². The zero-order valence-corrected chi connectivity index (χ0v) is 21.5. The summed E-state index contributed by atoms with van der Waals surface area (Å²) in [5.74, 6) is -3.48. The molecule has 6 nitrogen and oxygen atoms in total. The monoisotopic (exact) mass is 532 g/mol. The fraction of sp³-hybridized carbons (Fsp3) is 0.310. The number of hydrogen-bond donors (Lipinski definition) is 1. The van der Waals surface area contributed by atoms with Crippen LogP contribution in [0.2, 0.25) is 5.02 Å². The Labute approximate surface area is 224 Å². The molecular formula is C29H25ClN2O4S. The Bertz CT molecular complexity index is 1360. The zero-order valence-electron chi connectivity index (χ0n) is 19.9. The molecule has 0 bridgehead atoms. The van der Waals surface area contributed by atoms with Gasteiger partial charge in [-0.1, -0.05) is 54.8 Å². The van der Waals surface area contributed by atoms with Crippen LogP contribution in [-0.4, -0.2) is 33.7 Å². The highest BCUT2D eigenvalue weighted by molar-refractivity contribution is 7.10. The Kier molecular flexibility index (Phi) is 7.14. The van der Waals surface area contributed by atoms with Crippen LogP contribution in [0.15, 0.2) is 66.0 Å². The van der Waals surface area contributed by atoms with Gasteiger partial charge in [0.15, 0.2) is 5.78 Å². The minimum absolute atomic E-state index is 0.220. The van der Waals surface area contributed by atoms with Crippen LogP contribution in [0.5, 0.6) is 0 Å². The summed E-state index contributed by atoms with van der Waals surface area (Å²) in [6.45, 7) is 0. The third-order valence-electron chi connectivity index (χ3n) is 7.54. The molecule has 3 aromatic rings. The smallest absolute Gasteiger partial charge is 0.327 e. The van der Waals surface area contributed by atoms with Gasteiger partial charge in [-0.25, -0.2) is 4.79 Å². The van der Waals surface area contributed by atoms with Gasteiger partial charge in [-0.2, -0.15) is 5.26 Å². The molecule has 37 heavy (non-hydrogen) atoms. The van der Waals surface area contributed by atoms with E-state index in [1.165, 1.54) is 16.2 Å². The number of carbonyl (C=O) groups is 3. The predicted molar refractivity (Wildman–Crippen MR) is 140 cm³/mol. The number of benzene rings is 2. The number of nitrogens with zero attached hydrogens (tertiary/aromatic N) is 2. The largest absolute Gasteiger partial charge is 0.480 e. The third kappa shape index (κ3) is 4.68. The number of amides is 1. The van der Waals surface area contributed by atoms with Crippen molar-refractivity contribution in [3.05, 3.63) is 92.6 Å². The zero-order chi connectivity index (χ0) is 26.1. The molecule has 2 aliphatic rings. The molecule has 5 rings (SSSR count). The van der Waals surface area contributed by atoms with Gasteiger partial charge in [-0.3, -0.25) is 9.59 Å². The molecule has 2 fully saturated rings. The lowest BCUT2D eigenvalue weighted by Crippen LogP contribution is -2.46. The van der Waals surface area contributed by atoms with Gasteiger partial charge in [-0.15, -0.1) is 11.3 Å². The topological polar surface area (TPSA) is 98.5 Å². The fourth-order valence-corrected chi connectivity index (χ4v) is 7.01. The van der Waals surface area contributed by atoms with E-state index in [-0.39, 0.29) is 17.6 Å². The van der Waals surface area contributed by atoms with Crippen molar-refractivity contribution in [3.63, 3.8) is 0 Å². The number of halogens is 1. The maximum Gasteiger partial charge on any atom is 0.327 e. The van der Waals surface area contributed by atoms with Gasteiger partial charge in [0.05, 0.1) is 23.6 Å². The Morgan fingerprint density at radius 3 is 2.35 bits per heavy atom. The lowest BCUT2D eigenvalue weighted by molar-refractivity contribution is -0.152. The van der Waals surface area contributed by atoms with Crippen LogP contribution in [0.4, 0.5) is 0 Å². The number of thiophene rings is 1. The van der Waals surface area contributed by atoms with E-state index in [0.717, 1.165) is 17.7 Å². The van der Waals surface area contributed by atoms with Crippen molar-refractivity contribution < 1.29 is 19.5 Å². The van der Waals surface area contributed by atoms with E-state index in [0.29, 0.717) is 34.6 Å². The van der Waals surface area contributed by atoms with Gasteiger partial charge >= 0.3 is 5.97 Å². The van der Waals surface area contributed by atoms with Gasteiger partial charge < -0.3 is 10.0 Å². The normalized spacial score (nSPS) is 23.6. The van der Waals surface area contributed by atoms with Crippen LogP contribution in [-0.2, 0) is 9.59 Å². The van der Waals surface area contributed by atoms with Gasteiger partial charge in [-0.05, 0) is 54.1 Å². The average molecular weight is 533 g/mol. The maximum atomic E-state index is 14.2. The van der Waals surface area contributed by atoms with Crippen LogP contribution in [0.3, 0.4) is 0 Å². The second-order valence-corrected chi connectivity index (χ2v) is 11.0. The van der Waals surface area contributed by atoms with Gasteiger partial charge in [0.25, 0.3) is 0 Å². The van der Waals surface area contributed by atoms with E-state index in [2.05, 4.69) is 6.07 Å². The van der Waals surface area contributed by atoms with Crippen molar-refractivity contribution in [1.82, 2.24) is 4.90 Å². The fourth-order valence-electron chi connectivity index (χ4n) is 5.92. The number of aliphatic carboxylic acids is 1. The summed E-state index contributed by atoms with van der Waals surface area (Å²) >= 11 is 7.61. The van der Waals surface area contributed by atoms with E-state index >= 15 is 0 Å². The molecule has 1 aliphatic carbocycles. The van der Waals surface area contributed by atoms with E-state index in [1.807, 2.05) is 17.5 Å². The molecule has 188 valence electrons. The second kappa shape index (κ2) is 10.5. The highest BCUT2D eigenvalue weighted by Crippen LogP contribution is 2.53. The minimum Gasteiger partial charge on any atom is -0.480 e. The van der Waals surface area contributed by atoms with Crippen LogP contribution < -0.4 is 0 Å². The molecular weight excluding hydrogens is 508 g/mol. The summed E-state index contributed by atoms with van der Waals surface area (Å²) in [5, 5.41) is 22.1. The number of carboxylic acids is 1. The Morgan fingerprint density at radius 2 is 1.76 bits per heavy atom. The molecule has 0 spiro atoms. The molecule has 1 N–H and O–H groups in total. The van der Waals surface area contributed by atoms with Crippen molar-refractivity contribution in [2.45, 2.75) is 43.7 Å². The molecule has 1 aromatic heterocycles. The van der Waals surface area contributed by atoms with E-state index in [4.69, 9.17) is 11.6 Å². The summed E-state index contributed by atoms with van der Waals surface area (Å²) in [5.41, 5.74) is 1.45. The summed E-state index contributed by atoms with van der Waals surface area (Å²) in [6.07, 6.45) is 3.25. The van der Waals surface area contributed by atoms with Crippen molar-refractivity contribution in [3.8, 4) is 6.07 Å². The molecule has 4 atom stereocenters. The molecule has 4 unspecified atom stereocenters. The van der Waals surface area contributed by atoms with E-state index in [9.17, 15) is 24.8 Å². The van der Waals surface area contributed by atoms with Crippen molar-refractivity contribution in [2.75, 3.05) is 0 Å². The molecule has 1 aliphatic heterocycles. The first-order valence-corrected chi connectivity index (χ1v) is 13.5. The molecule has 8 heteroatoms. The highest BCUT2D eigenvalue weighted by Gasteiger charge is 2.58. The molecule has 1 amide bonds. The van der Waals surface area contributed by atoms with Gasteiger partial charge in [0.2, 0.25) is 5.91 Å². The maximum absolute atomic E-state index is 14.2. The second-order valence-electron chi connectivity index (χ2n) is 9.63. The SMILES string of the molecule is N#Cc1ccc(C2C(C(=O)c3cccc(Cl)c3)C(c3cccs3)C(C(=O)O)N2C(=O)C2CCCC2)cc1. The predicted octanol–water partition coefficient (Wildman–Crippen LogP) is 6.08. The summed E-state index contributed by atoms with van der Waals surface area (Å²) in [4.78, 5) is 43.4. The first-order valence-electron chi connectivity index (χ1n) is 12.3. The summed E-state index contributed by atoms with van der Waals surface area (Å²) in [7, 11) is 0. The number of likely N-dealkylation sites (tertiary alicyclic amines) is 1. The van der Waals surface area contributed by atoms with Crippen LogP contribution in [0.1, 0.15) is 64.0 Å². The molecule has 2 aromatic carbocycles. The van der Waals surface area contributed by atoms with E-state index < -0.39 is 29.9 Å². The Balaban J connectivity index is 1.73. The number of nitriles is 1. The minimum atomic E-state index is -1.21. The lowest BCUT2D eigenvalue weighted by Gasteiger charge is -2.32. The Hall–Kier alpha value is -3.47. The van der Waals surface area contributed by atoms with E-state index in [1.54, 1.807) is 48.5 Å². The highest BCUT2D eigenvalue weighted by atomic mass is 35.5. The first-order chi connectivity index (χ1) is 17.9. The summed E-state index contributed by atoms with van der Waals surface area (Å²) < 4.78 is 0. The van der Waals surface area contributed by atoms with Crippen LogP contribution in [0, 0.1) is 23.2 Å². The van der Waals surface area contributed by atoms with Crippen molar-refractivity contribution in [2.24, 2.45) is 11.8 Å². The molecule has 2 heterocycles. The lowest BCUT2D eigenvalue weighted by atomic mass is 9.78. The molecule has 0 radical (unpaired) electrons. The number of hydrogen-bond acceptors (Lipinski definition) is 5. The number of carbonyl (C=O) groups excluding carboxylic acids is 2. The van der Waals surface area contributed by atoms with Crippen molar-refractivity contribution >= 4 is 40.6 Å². The number of ketones is 1. The number of rotatable bonds is 6. The third-order valence-corrected chi connectivity index (χ3v) is 8.75. The number of Topliss-reactive ketones (excluding diaryl/α,β-unsaturated/α-hetero) is 1. The molecule has 1 saturated carbocycles. The van der Waals surface area contributed by atoms with Crippen molar-refractivity contribution in [1.29, 1.82) is 5.26 Å². The van der Waals surface area contributed by atoms with Gasteiger partial charge in [0.1, 0.15) is 6.04 Å². The van der Waals surface area contributed by atoms with Crippen LogP contribution >= 0.6 is 22.9 Å². The number of carboxylic acid groups (broad SMARTS) is 1. The average Bonchev–Trinajstić information content (AvgIpc) is 3.67. The standard InChI is InChI=1S/C29H25ClN2O4S/c30-21-8-3-7-20(15-21)27(33)24-23(22-9-4-14-37-22)26(29(35)36)32(28(34)19-5-1-2-6-19)25(24)18-12-10-17(16-31)11-13-18/h3-4,7-15,19,23-26H,1-2,5-6H2,(H,35,36). The quantitative estimate of drug-likeness (QED) is 0.388. The first kappa shape index (κ1) is 25.2. The Morgan fingerprint density at radius 1 is 1.03 bits per heavy atom.